The summed E-state index contributed by atoms with van der Waals surface area (Å²) in [5.41, 5.74) is 4.46. The van der Waals surface area contributed by atoms with E-state index in [0.29, 0.717) is 0 Å². The van der Waals surface area contributed by atoms with Gasteiger partial charge >= 0.3 is 0 Å². The van der Waals surface area contributed by atoms with E-state index in [4.69, 9.17) is 9.72 Å². The van der Waals surface area contributed by atoms with E-state index in [0.717, 1.165) is 34.5 Å². The number of halogens is 1. The average Bonchev–Trinajstić information content (AvgIpc) is 3.16. The Morgan fingerprint density at radius 1 is 1.17 bits per heavy atom. The lowest BCUT2D eigenvalue weighted by Crippen LogP contribution is -2.05. The van der Waals surface area contributed by atoms with Gasteiger partial charge in [0.15, 0.2) is 5.65 Å². The number of hydrogen-bond acceptors (Lipinski definition) is 3. The molecule has 4 rings (SSSR count). The van der Waals surface area contributed by atoms with Crippen LogP contribution in [0.15, 0.2) is 41.0 Å². The zero-order valence-corrected chi connectivity index (χ0v) is 15.2. The monoisotopic (exact) mass is 373 g/mol. The highest BCUT2D eigenvalue weighted by molar-refractivity contribution is 9.10. The van der Waals surface area contributed by atoms with Gasteiger partial charge in [0.05, 0.1) is 18.5 Å². The van der Waals surface area contributed by atoms with Crippen molar-refractivity contribution in [3.8, 4) is 5.75 Å². The van der Waals surface area contributed by atoms with Gasteiger partial charge < -0.3 is 4.74 Å². The van der Waals surface area contributed by atoms with E-state index in [1.807, 2.05) is 42.6 Å². The molecule has 0 saturated heterocycles. The molecule has 5 heteroatoms. The fourth-order valence-electron chi connectivity index (χ4n) is 3.18. The number of rotatable bonds is 2. The Labute approximate surface area is 144 Å². The normalized spacial score (nSPS) is 15.9. The summed E-state index contributed by atoms with van der Waals surface area (Å²) in [5.74, 6) is 1.22. The van der Waals surface area contributed by atoms with Crippen LogP contribution in [0.3, 0.4) is 0 Å². The fourth-order valence-corrected chi connectivity index (χ4v) is 3.47. The summed E-state index contributed by atoms with van der Waals surface area (Å²) in [7, 11) is 1.72. The van der Waals surface area contributed by atoms with Crippen molar-refractivity contribution < 1.29 is 4.74 Å². The van der Waals surface area contributed by atoms with Gasteiger partial charge in [0.2, 0.25) is 0 Å². The van der Waals surface area contributed by atoms with Crippen molar-refractivity contribution in [3.63, 3.8) is 0 Å². The van der Waals surface area contributed by atoms with Gasteiger partial charge in [0.1, 0.15) is 10.4 Å². The smallest absolute Gasteiger partial charge is 0.154 e. The number of para-hydroxylation sites is 1. The van der Waals surface area contributed by atoms with Gasteiger partial charge in [-0.05, 0) is 47.0 Å². The molecule has 1 atom stereocenters. The van der Waals surface area contributed by atoms with E-state index in [9.17, 15) is 0 Å². The van der Waals surface area contributed by atoms with Crippen molar-refractivity contribution >= 4 is 21.6 Å². The third-order valence-corrected chi connectivity index (χ3v) is 4.49. The van der Waals surface area contributed by atoms with Crippen LogP contribution < -0.4 is 4.74 Å². The van der Waals surface area contributed by atoms with Gasteiger partial charge in [-0.25, -0.2) is 9.50 Å². The summed E-state index contributed by atoms with van der Waals surface area (Å²) < 4.78 is 8.31. The molecule has 3 aromatic rings. The maximum atomic E-state index is 5.53. The molecule has 0 aliphatic heterocycles. The van der Waals surface area contributed by atoms with Crippen LogP contribution in [0.4, 0.5) is 0 Å². The first kappa shape index (κ1) is 16.0. The summed E-state index contributed by atoms with van der Waals surface area (Å²) in [6.45, 7) is 4.00. The molecule has 120 valence electrons. The average molecular weight is 374 g/mol. The third kappa shape index (κ3) is 2.74. The molecule has 1 aliphatic rings. The first-order valence-electron chi connectivity index (χ1n) is 7.95. The predicted octanol–water partition coefficient (Wildman–Crippen LogP) is 4.60. The van der Waals surface area contributed by atoms with Gasteiger partial charge in [0.25, 0.3) is 0 Å². The van der Waals surface area contributed by atoms with E-state index in [1.165, 1.54) is 11.3 Å². The van der Waals surface area contributed by atoms with Crippen molar-refractivity contribution in [2.24, 2.45) is 0 Å². The molecule has 1 unspecified atom stereocenters. The SMILES string of the molecule is CC.COc1ccccc1C1CCc2nc3ccc(Br)nn3c21. The minimum atomic E-state index is 0.285. The van der Waals surface area contributed by atoms with E-state index in [1.54, 1.807) is 7.11 Å². The van der Waals surface area contributed by atoms with Gasteiger partial charge in [-0.3, -0.25) is 0 Å². The second kappa shape index (κ2) is 6.71. The van der Waals surface area contributed by atoms with E-state index < -0.39 is 0 Å². The Balaban J connectivity index is 0.000000753. The van der Waals surface area contributed by atoms with Gasteiger partial charge in [0, 0.05) is 11.5 Å². The Bertz CT molecular complexity index is 828. The van der Waals surface area contributed by atoms with Crippen LogP contribution >= 0.6 is 15.9 Å². The van der Waals surface area contributed by atoms with E-state index in [-0.39, 0.29) is 5.92 Å². The number of aromatic nitrogens is 3. The lowest BCUT2D eigenvalue weighted by atomic mass is 9.96. The summed E-state index contributed by atoms with van der Waals surface area (Å²) in [6, 6.07) is 12.1. The molecule has 0 saturated carbocycles. The van der Waals surface area contributed by atoms with Crippen molar-refractivity contribution in [1.29, 1.82) is 0 Å². The van der Waals surface area contributed by atoms with Crippen molar-refractivity contribution in [2.45, 2.75) is 32.6 Å². The minimum absolute atomic E-state index is 0.285. The summed E-state index contributed by atoms with van der Waals surface area (Å²) in [6.07, 6.45) is 2.04. The number of fused-ring (bicyclic) bond motifs is 3. The maximum absolute atomic E-state index is 5.53. The Morgan fingerprint density at radius 3 is 2.74 bits per heavy atom. The lowest BCUT2D eigenvalue weighted by molar-refractivity contribution is 0.407. The molecule has 0 spiro atoms. The largest absolute Gasteiger partial charge is 0.496 e. The number of imidazole rings is 1. The Kier molecular flexibility index (Phi) is 4.66. The number of methoxy groups -OCH3 is 1. The second-order valence-electron chi connectivity index (χ2n) is 5.20. The molecule has 2 heterocycles. The zero-order chi connectivity index (χ0) is 16.4. The van der Waals surface area contributed by atoms with Crippen molar-refractivity contribution in [1.82, 2.24) is 14.6 Å². The highest BCUT2D eigenvalue weighted by Crippen LogP contribution is 2.41. The van der Waals surface area contributed by atoms with Crippen molar-refractivity contribution in [2.75, 3.05) is 7.11 Å². The number of aryl methyl sites for hydroxylation is 1. The quantitative estimate of drug-likeness (QED) is 0.658. The first-order chi connectivity index (χ1) is 11.3. The van der Waals surface area contributed by atoms with Crippen LogP contribution in [-0.2, 0) is 6.42 Å². The molecule has 1 aromatic carbocycles. The van der Waals surface area contributed by atoms with Crippen LogP contribution in [0.2, 0.25) is 0 Å². The summed E-state index contributed by atoms with van der Waals surface area (Å²) >= 11 is 3.45. The maximum Gasteiger partial charge on any atom is 0.154 e. The lowest BCUT2D eigenvalue weighted by Gasteiger charge is -2.15. The number of benzene rings is 1. The Morgan fingerprint density at radius 2 is 1.96 bits per heavy atom. The molecule has 2 aromatic heterocycles. The highest BCUT2D eigenvalue weighted by Gasteiger charge is 2.31. The van der Waals surface area contributed by atoms with Crippen LogP contribution in [-0.4, -0.2) is 21.7 Å². The predicted molar refractivity (Wildman–Crippen MR) is 95.2 cm³/mol. The van der Waals surface area contributed by atoms with Crippen LogP contribution in [0.5, 0.6) is 5.75 Å². The number of nitrogens with zero attached hydrogens (tertiary/aromatic N) is 3. The molecule has 0 N–H and O–H groups in total. The molecule has 0 radical (unpaired) electrons. The number of ether oxygens (including phenoxy) is 1. The zero-order valence-electron chi connectivity index (χ0n) is 13.6. The number of hydrogen-bond donors (Lipinski definition) is 0. The standard InChI is InChI=1S/C16H14BrN3O.C2H6/c1-21-13-5-3-2-4-10(13)11-6-7-12-16(11)20-15(18-12)9-8-14(17)19-20;1-2/h2-5,8-9,11H,6-7H2,1H3;1-2H3. The highest BCUT2D eigenvalue weighted by atomic mass is 79.9. The molecule has 23 heavy (non-hydrogen) atoms. The summed E-state index contributed by atoms with van der Waals surface area (Å²) in [4.78, 5) is 4.70. The first-order valence-corrected chi connectivity index (χ1v) is 8.74. The minimum Gasteiger partial charge on any atom is -0.496 e. The molecule has 4 nitrogen and oxygen atoms in total. The molecule has 0 bridgehead atoms. The Hall–Kier alpha value is -1.88. The van der Waals surface area contributed by atoms with E-state index in [2.05, 4.69) is 33.2 Å². The molecule has 1 aliphatic carbocycles. The molecule has 0 fully saturated rings. The van der Waals surface area contributed by atoms with Crippen LogP contribution in [0.25, 0.3) is 5.65 Å². The van der Waals surface area contributed by atoms with Crippen LogP contribution in [0, 0.1) is 0 Å². The topological polar surface area (TPSA) is 39.4 Å². The third-order valence-electron chi connectivity index (χ3n) is 4.07. The fraction of sp³-hybridized carbons (Fsp3) is 0.333. The molecule has 0 amide bonds. The molecular formula is C18H20BrN3O. The van der Waals surface area contributed by atoms with Crippen molar-refractivity contribution in [3.05, 3.63) is 58.0 Å². The second-order valence-corrected chi connectivity index (χ2v) is 6.02. The van der Waals surface area contributed by atoms with Gasteiger partial charge in [-0.1, -0.05) is 32.0 Å². The van der Waals surface area contributed by atoms with Gasteiger partial charge in [-0.2, -0.15) is 5.10 Å². The van der Waals surface area contributed by atoms with Gasteiger partial charge in [-0.15, -0.1) is 0 Å². The molecular weight excluding hydrogens is 354 g/mol. The summed E-state index contributed by atoms with van der Waals surface area (Å²) in [5, 5.41) is 4.57. The van der Waals surface area contributed by atoms with Crippen LogP contribution in [0.1, 0.15) is 43.1 Å². The van der Waals surface area contributed by atoms with E-state index >= 15 is 0 Å².